The number of methoxy groups -OCH3 is 1. The molecule has 0 radical (unpaired) electrons. The minimum absolute atomic E-state index is 0.00403. The van der Waals surface area contributed by atoms with E-state index in [2.05, 4.69) is 27.3 Å². The summed E-state index contributed by atoms with van der Waals surface area (Å²) in [6.07, 6.45) is 7.52. The summed E-state index contributed by atoms with van der Waals surface area (Å²) < 4.78 is 60.3. The zero-order valence-corrected chi connectivity index (χ0v) is 21.9. The molecule has 9 nitrogen and oxygen atoms in total. The highest BCUT2D eigenvalue weighted by atomic mass is 32.2. The maximum absolute atomic E-state index is 14.9. The first-order valence-electron chi connectivity index (χ1n) is 12.1. The Labute approximate surface area is 219 Å². The molecule has 0 saturated heterocycles. The summed E-state index contributed by atoms with van der Waals surface area (Å²) in [5.41, 5.74) is 8.31. The number of halogens is 2. The highest BCUT2D eigenvalue weighted by Gasteiger charge is 2.35. The van der Waals surface area contributed by atoms with Crippen LogP contribution in [0.2, 0.25) is 0 Å². The fourth-order valence-electron chi connectivity index (χ4n) is 5.32. The summed E-state index contributed by atoms with van der Waals surface area (Å²) in [5, 5.41) is 7.68. The number of ether oxygens (including phenoxy) is 1. The van der Waals surface area contributed by atoms with Gasteiger partial charge in [0, 0.05) is 25.6 Å². The van der Waals surface area contributed by atoms with Crippen molar-refractivity contribution in [3.8, 4) is 11.3 Å². The van der Waals surface area contributed by atoms with Gasteiger partial charge in [-0.2, -0.15) is 9.61 Å². The van der Waals surface area contributed by atoms with Gasteiger partial charge in [0.1, 0.15) is 11.6 Å². The van der Waals surface area contributed by atoms with Gasteiger partial charge in [-0.05, 0) is 60.6 Å². The number of aromatic nitrogens is 4. The maximum Gasteiger partial charge on any atom is 0.229 e. The van der Waals surface area contributed by atoms with E-state index in [1.54, 1.807) is 31.8 Å². The van der Waals surface area contributed by atoms with Crippen molar-refractivity contribution in [2.75, 3.05) is 18.7 Å². The summed E-state index contributed by atoms with van der Waals surface area (Å²) in [4.78, 5) is 8.23. The molecule has 38 heavy (non-hydrogen) atoms. The first-order chi connectivity index (χ1) is 18.1. The predicted octanol–water partition coefficient (Wildman–Crippen LogP) is 4.07. The fraction of sp³-hybridized carbons (Fsp3) is 0.346. The van der Waals surface area contributed by atoms with E-state index in [-0.39, 0.29) is 29.7 Å². The van der Waals surface area contributed by atoms with Crippen molar-refractivity contribution >= 4 is 27.0 Å². The number of pyridine rings is 1. The second-order valence-electron chi connectivity index (χ2n) is 9.77. The number of hydrogen-bond acceptors (Lipinski definition) is 8. The topological polar surface area (TPSA) is 124 Å². The van der Waals surface area contributed by atoms with Crippen LogP contribution in [0.25, 0.3) is 16.8 Å². The summed E-state index contributed by atoms with van der Waals surface area (Å²) in [7, 11) is -2.10. The molecule has 12 heteroatoms. The van der Waals surface area contributed by atoms with Crippen LogP contribution in [0, 0.1) is 17.6 Å². The molecule has 4 aromatic rings. The lowest BCUT2D eigenvalue weighted by Gasteiger charge is -2.38. The standard InChI is InChI=1S/C26H28F2N6O3S/c1-14-8-15(9-21(29)25(14)37-2)18-6-7-30-13-23(18)32-26-31-12-16-4-5-22(33-34(16)26)24-19(27)10-17(11-20(24)28)38(3,35)36/h4-7,10-15,21,25H,8-9,29H2,1-3H3,(H,31,32). The Hall–Kier alpha value is -3.48. The van der Waals surface area contributed by atoms with Crippen LogP contribution in [0.4, 0.5) is 20.4 Å². The molecule has 3 N–H and O–H groups in total. The average molecular weight is 543 g/mol. The quantitative estimate of drug-likeness (QED) is 0.374. The van der Waals surface area contributed by atoms with Gasteiger partial charge in [0.15, 0.2) is 9.84 Å². The van der Waals surface area contributed by atoms with Gasteiger partial charge in [0.05, 0.1) is 45.9 Å². The second-order valence-corrected chi connectivity index (χ2v) is 11.8. The van der Waals surface area contributed by atoms with E-state index in [0.717, 1.165) is 42.5 Å². The highest BCUT2D eigenvalue weighted by Crippen LogP contribution is 2.40. The number of sulfone groups is 1. The summed E-state index contributed by atoms with van der Waals surface area (Å²) in [6, 6.07) is 6.50. The van der Waals surface area contributed by atoms with Crippen molar-refractivity contribution in [2.24, 2.45) is 11.7 Å². The van der Waals surface area contributed by atoms with E-state index in [9.17, 15) is 17.2 Å². The predicted molar refractivity (Wildman–Crippen MR) is 139 cm³/mol. The first-order valence-corrected chi connectivity index (χ1v) is 14.0. The van der Waals surface area contributed by atoms with Gasteiger partial charge in [-0.3, -0.25) is 4.98 Å². The average Bonchev–Trinajstić information content (AvgIpc) is 3.25. The molecule has 4 unspecified atom stereocenters. The van der Waals surface area contributed by atoms with Gasteiger partial charge >= 0.3 is 0 Å². The molecule has 0 spiro atoms. The highest BCUT2D eigenvalue weighted by molar-refractivity contribution is 7.90. The maximum atomic E-state index is 14.9. The molecule has 0 aliphatic heterocycles. The third kappa shape index (κ3) is 4.86. The summed E-state index contributed by atoms with van der Waals surface area (Å²) >= 11 is 0. The molecular weight excluding hydrogens is 514 g/mol. The zero-order chi connectivity index (χ0) is 27.2. The number of nitrogens with one attached hydrogen (secondary N) is 1. The van der Waals surface area contributed by atoms with Crippen LogP contribution in [0.5, 0.6) is 0 Å². The van der Waals surface area contributed by atoms with Crippen LogP contribution in [0.15, 0.2) is 53.8 Å². The molecule has 1 saturated carbocycles. The zero-order valence-electron chi connectivity index (χ0n) is 21.1. The Balaban J connectivity index is 1.50. The lowest BCUT2D eigenvalue weighted by Crippen LogP contribution is -2.45. The fourth-order valence-corrected chi connectivity index (χ4v) is 5.96. The largest absolute Gasteiger partial charge is 0.380 e. The van der Waals surface area contributed by atoms with Gasteiger partial charge in [-0.1, -0.05) is 6.92 Å². The van der Waals surface area contributed by atoms with Gasteiger partial charge < -0.3 is 15.8 Å². The molecule has 200 valence electrons. The van der Waals surface area contributed by atoms with Gasteiger partial charge in [0.25, 0.3) is 0 Å². The number of fused-ring (bicyclic) bond motifs is 1. The van der Waals surface area contributed by atoms with Crippen molar-refractivity contribution in [3.63, 3.8) is 0 Å². The Kier molecular flexibility index (Phi) is 6.88. The minimum Gasteiger partial charge on any atom is -0.380 e. The molecule has 0 bridgehead atoms. The molecule has 1 aromatic carbocycles. The van der Waals surface area contributed by atoms with E-state index in [0.29, 0.717) is 11.5 Å². The van der Waals surface area contributed by atoms with Gasteiger partial charge in [-0.25, -0.2) is 22.2 Å². The van der Waals surface area contributed by atoms with Crippen LogP contribution in [-0.4, -0.2) is 53.5 Å². The van der Waals surface area contributed by atoms with Crippen LogP contribution in [-0.2, 0) is 14.6 Å². The number of rotatable bonds is 6. The van der Waals surface area contributed by atoms with Crippen molar-refractivity contribution in [2.45, 2.75) is 42.7 Å². The van der Waals surface area contributed by atoms with Crippen molar-refractivity contribution in [1.82, 2.24) is 19.6 Å². The second kappa shape index (κ2) is 10.0. The molecule has 3 aromatic heterocycles. The van der Waals surface area contributed by atoms with E-state index in [1.807, 2.05) is 6.07 Å². The molecule has 1 aliphatic carbocycles. The molecule has 5 rings (SSSR count). The Bertz CT molecular complexity index is 1570. The summed E-state index contributed by atoms with van der Waals surface area (Å²) in [6.45, 7) is 2.13. The number of anilines is 2. The Morgan fingerprint density at radius 1 is 1.13 bits per heavy atom. The molecule has 0 amide bonds. The van der Waals surface area contributed by atoms with Crippen LogP contribution in [0.3, 0.4) is 0 Å². The normalized spacial score (nSPS) is 22.1. The Morgan fingerprint density at radius 3 is 2.53 bits per heavy atom. The number of hydrogen-bond donors (Lipinski definition) is 2. The van der Waals surface area contributed by atoms with E-state index < -0.39 is 31.9 Å². The van der Waals surface area contributed by atoms with Crippen molar-refractivity contribution < 1.29 is 21.9 Å². The third-order valence-corrected chi connectivity index (χ3v) is 8.18. The van der Waals surface area contributed by atoms with Crippen LogP contribution in [0.1, 0.15) is 31.2 Å². The molecule has 3 heterocycles. The van der Waals surface area contributed by atoms with Crippen LogP contribution < -0.4 is 11.1 Å². The number of nitrogens with two attached hydrogens (primary N) is 1. The Morgan fingerprint density at radius 2 is 1.87 bits per heavy atom. The SMILES string of the molecule is COC1C(C)CC(c2ccncc2Nc2ncc3ccc(-c4c(F)cc(S(C)(=O)=O)cc4F)nn23)CC1N. The van der Waals surface area contributed by atoms with Gasteiger partial charge in [-0.15, -0.1) is 0 Å². The number of nitrogens with zero attached hydrogens (tertiary/aromatic N) is 4. The first kappa shape index (κ1) is 26.1. The lowest BCUT2D eigenvalue weighted by molar-refractivity contribution is 0.00984. The van der Waals surface area contributed by atoms with Gasteiger partial charge in [0.2, 0.25) is 5.95 Å². The number of benzene rings is 1. The lowest BCUT2D eigenvalue weighted by atomic mass is 9.74. The van der Waals surface area contributed by atoms with Crippen molar-refractivity contribution in [3.05, 3.63) is 66.1 Å². The molecular formula is C26H28F2N6O3S. The monoisotopic (exact) mass is 542 g/mol. The third-order valence-electron chi connectivity index (χ3n) is 7.09. The molecule has 1 aliphatic rings. The summed E-state index contributed by atoms with van der Waals surface area (Å²) in [5.74, 6) is -1.29. The molecule has 4 atom stereocenters. The minimum atomic E-state index is -3.79. The molecule has 1 fully saturated rings. The van der Waals surface area contributed by atoms with E-state index in [1.165, 1.54) is 10.6 Å². The smallest absolute Gasteiger partial charge is 0.229 e. The van der Waals surface area contributed by atoms with E-state index >= 15 is 0 Å². The van der Waals surface area contributed by atoms with E-state index in [4.69, 9.17) is 10.5 Å². The van der Waals surface area contributed by atoms with Crippen molar-refractivity contribution in [1.29, 1.82) is 0 Å². The van der Waals surface area contributed by atoms with Crippen LogP contribution >= 0.6 is 0 Å². The number of imidazole rings is 1.